The van der Waals surface area contributed by atoms with Crippen molar-refractivity contribution in [3.05, 3.63) is 36.5 Å². The zero-order chi connectivity index (χ0) is 61.3. The highest BCUT2D eigenvalue weighted by Gasteiger charge is 2.18. The van der Waals surface area contributed by atoms with Crippen molar-refractivity contribution in [1.29, 1.82) is 0 Å². The number of unbranched alkanes of at least 4 members (excludes halogenated alkanes) is 58. The van der Waals surface area contributed by atoms with Crippen LogP contribution in [0.2, 0.25) is 0 Å². The summed E-state index contributed by atoms with van der Waals surface area (Å²) in [5.41, 5.74) is 0. The summed E-state index contributed by atoms with van der Waals surface area (Å²) in [6.45, 7) is 4.95. The number of aliphatic hydroxyl groups is 2. The van der Waals surface area contributed by atoms with E-state index in [9.17, 15) is 19.8 Å². The molecular weight excluding hydrogens is 1040 g/mol. The maximum Gasteiger partial charge on any atom is 0.305 e. The number of hydrogen-bond acceptors (Lipinski definition) is 5. The van der Waals surface area contributed by atoms with Crippen molar-refractivity contribution in [2.45, 2.75) is 443 Å². The van der Waals surface area contributed by atoms with E-state index in [0.717, 1.165) is 44.9 Å². The number of allylic oxidation sites excluding steroid dienone is 5. The predicted molar refractivity (Wildman–Crippen MR) is 375 cm³/mol. The first kappa shape index (κ1) is 83.1. The van der Waals surface area contributed by atoms with Crippen LogP contribution in [0.15, 0.2) is 36.5 Å². The van der Waals surface area contributed by atoms with Gasteiger partial charge in [0.05, 0.1) is 25.4 Å². The lowest BCUT2D eigenvalue weighted by molar-refractivity contribution is -0.143. The van der Waals surface area contributed by atoms with E-state index in [-0.39, 0.29) is 18.5 Å². The Kier molecular flexibility index (Phi) is 72.9. The maximum absolute atomic E-state index is 12.5. The van der Waals surface area contributed by atoms with Crippen LogP contribution in [-0.4, -0.2) is 47.4 Å². The molecule has 1 amide bonds. The van der Waals surface area contributed by atoms with Gasteiger partial charge in [-0.05, 0) is 64.2 Å². The Morgan fingerprint density at radius 3 is 0.894 bits per heavy atom. The van der Waals surface area contributed by atoms with Gasteiger partial charge in [0.15, 0.2) is 0 Å². The molecule has 0 aromatic heterocycles. The first-order chi connectivity index (χ1) is 42.0. The highest BCUT2D eigenvalue weighted by Crippen LogP contribution is 2.19. The second-order valence-electron chi connectivity index (χ2n) is 26.7. The van der Waals surface area contributed by atoms with Gasteiger partial charge in [0.25, 0.3) is 0 Å². The summed E-state index contributed by atoms with van der Waals surface area (Å²) >= 11 is 0. The smallest absolute Gasteiger partial charge is 0.305 e. The molecule has 0 bridgehead atoms. The number of carbonyl (C=O) groups excluding carboxylic acids is 2. The van der Waals surface area contributed by atoms with Crippen molar-refractivity contribution in [1.82, 2.24) is 5.32 Å². The van der Waals surface area contributed by atoms with E-state index in [1.165, 1.54) is 360 Å². The standard InChI is InChI=1S/C79H151NO5/c1-3-5-7-9-11-13-15-17-18-19-41-44-48-51-55-59-63-67-71-77(82)76(75-81)80-78(83)72-68-64-60-56-52-49-45-42-39-37-35-33-31-29-27-25-23-21-20-22-24-26-28-30-32-34-36-38-40-43-46-50-54-58-62-66-70-74-85-79(84)73-69-65-61-57-53-47-16-14-12-10-8-6-4-2/h20,22,26,28,67,71,76-77,81-82H,3-19,21,23-25,27,29-66,68-70,72-75H2,1-2H3,(H,80,83)/b22-20-,28-26-,71-67+. The third-order valence-corrected chi connectivity index (χ3v) is 18.2. The number of nitrogens with one attached hydrogen (secondary N) is 1. The van der Waals surface area contributed by atoms with E-state index in [4.69, 9.17) is 4.74 Å². The number of amides is 1. The van der Waals surface area contributed by atoms with Crippen molar-refractivity contribution < 1.29 is 24.5 Å². The molecule has 0 saturated carbocycles. The van der Waals surface area contributed by atoms with Crippen molar-refractivity contribution in [3.63, 3.8) is 0 Å². The Hall–Kier alpha value is -1.92. The highest BCUT2D eigenvalue weighted by atomic mass is 16.5. The van der Waals surface area contributed by atoms with Crippen LogP contribution < -0.4 is 5.32 Å². The molecule has 0 aliphatic carbocycles. The number of ether oxygens (including phenoxy) is 1. The quantitative estimate of drug-likeness (QED) is 0.0320. The molecule has 502 valence electrons. The second kappa shape index (κ2) is 74.5. The average molecular weight is 1200 g/mol. The molecule has 0 aromatic rings. The molecule has 0 aromatic carbocycles. The van der Waals surface area contributed by atoms with Crippen molar-refractivity contribution in [2.24, 2.45) is 0 Å². The van der Waals surface area contributed by atoms with E-state index in [0.29, 0.717) is 19.4 Å². The zero-order valence-electron chi connectivity index (χ0n) is 57.6. The van der Waals surface area contributed by atoms with Gasteiger partial charge < -0.3 is 20.3 Å². The average Bonchev–Trinajstić information content (AvgIpc) is 3.54. The molecule has 3 N–H and O–H groups in total. The van der Waals surface area contributed by atoms with E-state index in [2.05, 4.69) is 43.5 Å². The van der Waals surface area contributed by atoms with Crippen LogP contribution in [0.5, 0.6) is 0 Å². The van der Waals surface area contributed by atoms with Gasteiger partial charge in [-0.3, -0.25) is 9.59 Å². The van der Waals surface area contributed by atoms with Gasteiger partial charge >= 0.3 is 5.97 Å². The van der Waals surface area contributed by atoms with Crippen LogP contribution in [-0.2, 0) is 14.3 Å². The van der Waals surface area contributed by atoms with E-state index >= 15 is 0 Å². The summed E-state index contributed by atoms with van der Waals surface area (Å²) in [6.07, 6.45) is 96.9. The Labute approximate surface area is 532 Å². The van der Waals surface area contributed by atoms with Crippen LogP contribution >= 0.6 is 0 Å². The minimum atomic E-state index is -0.843. The Balaban J connectivity index is 3.37. The van der Waals surface area contributed by atoms with E-state index in [1.807, 2.05) is 6.08 Å². The largest absolute Gasteiger partial charge is 0.466 e. The number of rotatable bonds is 73. The number of carbonyl (C=O) groups is 2. The lowest BCUT2D eigenvalue weighted by atomic mass is 10.0. The molecule has 0 radical (unpaired) electrons. The maximum atomic E-state index is 12.5. The third-order valence-electron chi connectivity index (χ3n) is 18.2. The molecule has 0 spiro atoms. The van der Waals surface area contributed by atoms with Crippen molar-refractivity contribution >= 4 is 11.9 Å². The lowest BCUT2D eigenvalue weighted by Crippen LogP contribution is -2.45. The summed E-state index contributed by atoms with van der Waals surface area (Å²) in [7, 11) is 0. The summed E-state index contributed by atoms with van der Waals surface area (Å²) in [4.78, 5) is 24.6. The summed E-state index contributed by atoms with van der Waals surface area (Å²) in [6, 6.07) is -0.626. The molecule has 6 heteroatoms. The molecule has 2 atom stereocenters. The van der Waals surface area contributed by atoms with Gasteiger partial charge in [0.2, 0.25) is 5.91 Å². The van der Waals surface area contributed by atoms with Crippen LogP contribution in [0.3, 0.4) is 0 Å². The molecule has 2 unspecified atom stereocenters. The zero-order valence-corrected chi connectivity index (χ0v) is 57.6. The first-order valence-electron chi connectivity index (χ1n) is 38.8. The molecule has 0 rings (SSSR count). The number of aliphatic hydroxyl groups excluding tert-OH is 2. The summed E-state index contributed by atoms with van der Waals surface area (Å²) in [5, 5.41) is 23.2. The van der Waals surface area contributed by atoms with Gasteiger partial charge in [-0.15, -0.1) is 0 Å². The Morgan fingerprint density at radius 2 is 0.588 bits per heavy atom. The van der Waals surface area contributed by atoms with Gasteiger partial charge in [0.1, 0.15) is 0 Å². The number of hydrogen-bond donors (Lipinski definition) is 3. The molecule has 0 saturated heterocycles. The molecule has 0 heterocycles. The Morgan fingerprint density at radius 1 is 0.329 bits per heavy atom. The fourth-order valence-corrected chi connectivity index (χ4v) is 12.3. The molecule has 0 aliphatic rings. The van der Waals surface area contributed by atoms with Crippen molar-refractivity contribution in [2.75, 3.05) is 13.2 Å². The topological polar surface area (TPSA) is 95.9 Å². The fraction of sp³-hybridized carbons (Fsp3) is 0.899. The number of esters is 1. The van der Waals surface area contributed by atoms with Crippen LogP contribution in [0.25, 0.3) is 0 Å². The van der Waals surface area contributed by atoms with Gasteiger partial charge in [-0.2, -0.15) is 0 Å². The van der Waals surface area contributed by atoms with E-state index < -0.39 is 12.1 Å². The van der Waals surface area contributed by atoms with Crippen LogP contribution in [0.4, 0.5) is 0 Å². The fourth-order valence-electron chi connectivity index (χ4n) is 12.3. The second-order valence-corrected chi connectivity index (χ2v) is 26.7. The summed E-state index contributed by atoms with van der Waals surface area (Å²) < 4.78 is 5.49. The molecule has 0 aliphatic heterocycles. The van der Waals surface area contributed by atoms with Gasteiger partial charge in [-0.1, -0.05) is 391 Å². The molecular formula is C79H151NO5. The van der Waals surface area contributed by atoms with E-state index in [1.54, 1.807) is 6.08 Å². The third kappa shape index (κ3) is 71.0. The van der Waals surface area contributed by atoms with Crippen molar-refractivity contribution in [3.8, 4) is 0 Å². The molecule has 6 nitrogen and oxygen atoms in total. The minimum Gasteiger partial charge on any atom is -0.466 e. The van der Waals surface area contributed by atoms with Crippen LogP contribution in [0, 0.1) is 0 Å². The molecule has 85 heavy (non-hydrogen) atoms. The predicted octanol–water partition coefficient (Wildman–Crippen LogP) is 25.4. The highest BCUT2D eigenvalue weighted by molar-refractivity contribution is 5.76. The Bertz CT molecular complexity index is 1380. The van der Waals surface area contributed by atoms with Gasteiger partial charge in [0, 0.05) is 12.8 Å². The van der Waals surface area contributed by atoms with Crippen LogP contribution in [0.1, 0.15) is 431 Å². The SMILES string of the molecule is CCCCCCCCCCCCCCCCCC/C=C/C(O)C(CO)NC(=O)CCCCCCCCCCCCCCCCCCC/C=C\C/C=C\CCCCCCCCCCCCCCCOC(=O)CCCCCCCCCCCCCCC. The molecule has 0 fully saturated rings. The summed E-state index contributed by atoms with van der Waals surface area (Å²) in [5.74, 6) is -0.0409. The minimum absolute atomic E-state index is 0.0207. The first-order valence-corrected chi connectivity index (χ1v) is 38.8. The van der Waals surface area contributed by atoms with Gasteiger partial charge in [-0.25, -0.2) is 0 Å². The normalized spacial score (nSPS) is 12.7. The monoisotopic (exact) mass is 1190 g/mol. The lowest BCUT2D eigenvalue weighted by Gasteiger charge is -2.20.